The number of carbonyl (C=O) groups is 1. The molecule has 2 aliphatic heterocycles. The number of nitrogens with one attached hydrogen (secondary N) is 2. The second-order valence-electron chi connectivity index (χ2n) is 4.98. The Kier molecular flexibility index (Phi) is 3.40. The summed E-state index contributed by atoms with van der Waals surface area (Å²) < 4.78 is 11.3. The van der Waals surface area contributed by atoms with Gasteiger partial charge in [-0.2, -0.15) is 0 Å². The Labute approximate surface area is 112 Å². The van der Waals surface area contributed by atoms with Crippen LogP contribution in [0.5, 0.6) is 5.75 Å². The molecule has 1 saturated heterocycles. The maximum Gasteiger partial charge on any atom is 0.265 e. The highest BCUT2D eigenvalue weighted by Crippen LogP contribution is 2.31. The standard InChI is InChI=1S/C14H18N2O3/c1-9-14(17)16-12-3-2-10(7-13(12)19-9)6-11-8-15-4-5-18-11/h2-3,7,9,11,15H,4-6,8H2,1H3,(H,16,17). The van der Waals surface area contributed by atoms with Crippen LogP contribution in [0, 0.1) is 0 Å². The Morgan fingerprint density at radius 1 is 1.42 bits per heavy atom. The monoisotopic (exact) mass is 262 g/mol. The Morgan fingerprint density at radius 3 is 3.11 bits per heavy atom. The van der Waals surface area contributed by atoms with Crippen LogP contribution in [-0.2, 0) is 16.0 Å². The number of hydrogen-bond acceptors (Lipinski definition) is 4. The summed E-state index contributed by atoms with van der Waals surface area (Å²) in [6, 6.07) is 5.89. The molecule has 2 N–H and O–H groups in total. The van der Waals surface area contributed by atoms with E-state index in [0.29, 0.717) is 0 Å². The van der Waals surface area contributed by atoms with Crippen molar-refractivity contribution in [2.75, 3.05) is 25.0 Å². The van der Waals surface area contributed by atoms with Gasteiger partial charge in [0.25, 0.3) is 5.91 Å². The molecule has 1 fully saturated rings. The van der Waals surface area contributed by atoms with Gasteiger partial charge in [0.1, 0.15) is 5.75 Å². The molecule has 2 atom stereocenters. The van der Waals surface area contributed by atoms with Crippen LogP contribution in [0.1, 0.15) is 12.5 Å². The molecule has 0 aromatic heterocycles. The van der Waals surface area contributed by atoms with E-state index >= 15 is 0 Å². The van der Waals surface area contributed by atoms with E-state index < -0.39 is 6.10 Å². The van der Waals surface area contributed by atoms with Crippen molar-refractivity contribution in [2.24, 2.45) is 0 Å². The number of hydrogen-bond donors (Lipinski definition) is 2. The lowest BCUT2D eigenvalue weighted by Crippen LogP contribution is -2.39. The van der Waals surface area contributed by atoms with Gasteiger partial charge >= 0.3 is 0 Å². The second-order valence-corrected chi connectivity index (χ2v) is 4.98. The molecule has 0 bridgehead atoms. The number of benzene rings is 1. The van der Waals surface area contributed by atoms with Crippen molar-refractivity contribution < 1.29 is 14.3 Å². The van der Waals surface area contributed by atoms with Gasteiger partial charge in [-0.3, -0.25) is 4.79 Å². The fourth-order valence-electron chi connectivity index (χ4n) is 2.39. The Morgan fingerprint density at radius 2 is 2.32 bits per heavy atom. The third-order valence-electron chi connectivity index (χ3n) is 3.44. The summed E-state index contributed by atoms with van der Waals surface area (Å²) >= 11 is 0. The van der Waals surface area contributed by atoms with E-state index in [1.54, 1.807) is 6.92 Å². The molecule has 2 aliphatic rings. The summed E-state index contributed by atoms with van der Waals surface area (Å²) in [6.07, 6.45) is 0.629. The van der Waals surface area contributed by atoms with E-state index in [-0.39, 0.29) is 12.0 Å². The third kappa shape index (κ3) is 2.72. The lowest BCUT2D eigenvalue weighted by atomic mass is 10.1. The van der Waals surface area contributed by atoms with Crippen LogP contribution in [0.25, 0.3) is 0 Å². The van der Waals surface area contributed by atoms with Crippen molar-refractivity contribution in [1.82, 2.24) is 5.32 Å². The van der Waals surface area contributed by atoms with Crippen molar-refractivity contribution in [3.8, 4) is 5.75 Å². The van der Waals surface area contributed by atoms with Crippen molar-refractivity contribution >= 4 is 11.6 Å². The van der Waals surface area contributed by atoms with E-state index in [2.05, 4.69) is 10.6 Å². The molecule has 0 spiro atoms. The molecule has 5 nitrogen and oxygen atoms in total. The molecule has 1 amide bonds. The first-order valence-electron chi connectivity index (χ1n) is 6.65. The van der Waals surface area contributed by atoms with Crippen LogP contribution >= 0.6 is 0 Å². The van der Waals surface area contributed by atoms with Crippen LogP contribution in [-0.4, -0.2) is 37.8 Å². The van der Waals surface area contributed by atoms with Crippen LogP contribution in [0.2, 0.25) is 0 Å². The maximum absolute atomic E-state index is 11.5. The number of amides is 1. The molecule has 5 heteroatoms. The molecule has 2 heterocycles. The average molecular weight is 262 g/mol. The first-order valence-corrected chi connectivity index (χ1v) is 6.65. The van der Waals surface area contributed by atoms with Crippen molar-refractivity contribution in [2.45, 2.75) is 25.6 Å². The first-order chi connectivity index (χ1) is 9.22. The summed E-state index contributed by atoms with van der Waals surface area (Å²) in [4.78, 5) is 11.5. The molecule has 19 heavy (non-hydrogen) atoms. The zero-order valence-corrected chi connectivity index (χ0v) is 10.9. The SMILES string of the molecule is CC1Oc2cc(CC3CNCCO3)ccc2NC1=O. The highest BCUT2D eigenvalue weighted by molar-refractivity contribution is 5.97. The lowest BCUT2D eigenvalue weighted by molar-refractivity contribution is -0.122. The molecule has 102 valence electrons. The van der Waals surface area contributed by atoms with Crippen molar-refractivity contribution in [3.63, 3.8) is 0 Å². The smallest absolute Gasteiger partial charge is 0.265 e. The predicted octanol–water partition coefficient (Wildman–Crippen LogP) is 0.937. The van der Waals surface area contributed by atoms with Gasteiger partial charge in [-0.05, 0) is 24.6 Å². The molecular formula is C14H18N2O3. The molecular weight excluding hydrogens is 244 g/mol. The summed E-state index contributed by atoms with van der Waals surface area (Å²) in [5.74, 6) is 0.647. The Balaban J connectivity index is 1.74. The van der Waals surface area contributed by atoms with Gasteiger partial charge in [0, 0.05) is 19.5 Å². The average Bonchev–Trinajstić information content (AvgIpc) is 2.42. The zero-order chi connectivity index (χ0) is 13.2. The van der Waals surface area contributed by atoms with Gasteiger partial charge in [-0.25, -0.2) is 0 Å². The zero-order valence-electron chi connectivity index (χ0n) is 10.9. The highest BCUT2D eigenvalue weighted by atomic mass is 16.5. The second kappa shape index (κ2) is 5.19. The topological polar surface area (TPSA) is 59.6 Å². The first kappa shape index (κ1) is 12.4. The van der Waals surface area contributed by atoms with Crippen LogP contribution in [0.3, 0.4) is 0 Å². The third-order valence-corrected chi connectivity index (χ3v) is 3.44. The van der Waals surface area contributed by atoms with Crippen LogP contribution in [0.15, 0.2) is 18.2 Å². The van der Waals surface area contributed by atoms with E-state index in [1.165, 1.54) is 0 Å². The summed E-state index contributed by atoms with van der Waals surface area (Å²) in [5.41, 5.74) is 1.91. The van der Waals surface area contributed by atoms with Crippen LogP contribution in [0.4, 0.5) is 5.69 Å². The van der Waals surface area contributed by atoms with Gasteiger partial charge in [0.2, 0.25) is 0 Å². The van der Waals surface area contributed by atoms with Crippen LogP contribution < -0.4 is 15.4 Å². The fourth-order valence-corrected chi connectivity index (χ4v) is 2.39. The highest BCUT2D eigenvalue weighted by Gasteiger charge is 2.24. The van der Waals surface area contributed by atoms with Gasteiger partial charge in [0.15, 0.2) is 6.10 Å². The fraction of sp³-hybridized carbons (Fsp3) is 0.500. The minimum Gasteiger partial charge on any atom is -0.479 e. The number of carbonyl (C=O) groups excluding carboxylic acids is 1. The molecule has 3 rings (SSSR count). The van der Waals surface area contributed by atoms with Gasteiger partial charge in [-0.1, -0.05) is 6.07 Å². The number of anilines is 1. The van der Waals surface area contributed by atoms with Crippen molar-refractivity contribution in [3.05, 3.63) is 23.8 Å². The minimum absolute atomic E-state index is 0.0972. The summed E-state index contributed by atoms with van der Waals surface area (Å²) in [5, 5.41) is 6.15. The molecule has 0 radical (unpaired) electrons. The Hall–Kier alpha value is -1.59. The molecule has 2 unspecified atom stereocenters. The Bertz CT molecular complexity index is 484. The normalized spacial score (nSPS) is 26.3. The van der Waals surface area contributed by atoms with E-state index in [4.69, 9.17) is 9.47 Å². The predicted molar refractivity (Wildman–Crippen MR) is 71.5 cm³/mol. The molecule has 1 aromatic rings. The number of fused-ring (bicyclic) bond motifs is 1. The largest absolute Gasteiger partial charge is 0.479 e. The molecule has 0 aliphatic carbocycles. The van der Waals surface area contributed by atoms with E-state index in [1.807, 2.05) is 18.2 Å². The van der Waals surface area contributed by atoms with E-state index in [0.717, 1.165) is 43.1 Å². The lowest BCUT2D eigenvalue weighted by Gasteiger charge is -2.26. The summed E-state index contributed by atoms with van der Waals surface area (Å²) in [7, 11) is 0. The van der Waals surface area contributed by atoms with E-state index in [9.17, 15) is 4.79 Å². The number of rotatable bonds is 2. The van der Waals surface area contributed by atoms with Crippen molar-refractivity contribution in [1.29, 1.82) is 0 Å². The number of ether oxygens (including phenoxy) is 2. The molecule has 0 saturated carbocycles. The van der Waals surface area contributed by atoms with Gasteiger partial charge in [0.05, 0.1) is 18.4 Å². The quantitative estimate of drug-likeness (QED) is 0.832. The maximum atomic E-state index is 11.5. The van der Waals surface area contributed by atoms with Gasteiger partial charge < -0.3 is 20.1 Å². The summed E-state index contributed by atoms with van der Waals surface area (Å²) in [6.45, 7) is 4.32. The van der Waals surface area contributed by atoms with Gasteiger partial charge in [-0.15, -0.1) is 0 Å². The minimum atomic E-state index is -0.435. The number of morpholine rings is 1. The molecule has 1 aromatic carbocycles.